The Kier molecular flexibility index (Phi) is 5.58. The largest absolute Gasteiger partial charge is 0.380 e. The average molecular weight is 282 g/mol. The normalized spacial score (nSPS) is 10.6. The SMILES string of the molecule is ClCCOCCCNc1nnnn1-c1ccccc1. The van der Waals surface area contributed by atoms with Crippen LogP contribution in [0.1, 0.15) is 6.42 Å². The highest BCUT2D eigenvalue weighted by Crippen LogP contribution is 2.10. The van der Waals surface area contributed by atoms with Gasteiger partial charge in [-0.2, -0.15) is 4.68 Å². The number of hydrogen-bond acceptors (Lipinski definition) is 5. The van der Waals surface area contributed by atoms with Crippen LogP contribution >= 0.6 is 11.6 Å². The molecule has 1 aromatic heterocycles. The molecule has 0 spiro atoms. The summed E-state index contributed by atoms with van der Waals surface area (Å²) in [5.74, 6) is 1.16. The molecule has 1 N–H and O–H groups in total. The van der Waals surface area contributed by atoms with E-state index in [1.54, 1.807) is 4.68 Å². The molecule has 2 rings (SSSR count). The summed E-state index contributed by atoms with van der Waals surface area (Å²) in [5, 5.41) is 14.8. The van der Waals surface area contributed by atoms with Crippen molar-refractivity contribution in [3.8, 4) is 5.69 Å². The Morgan fingerprint density at radius 2 is 2.05 bits per heavy atom. The minimum absolute atomic E-state index is 0.527. The van der Waals surface area contributed by atoms with Gasteiger partial charge in [0, 0.05) is 19.0 Å². The van der Waals surface area contributed by atoms with Gasteiger partial charge in [-0.1, -0.05) is 23.3 Å². The van der Waals surface area contributed by atoms with Crippen molar-refractivity contribution >= 4 is 17.5 Å². The number of anilines is 1. The summed E-state index contributed by atoms with van der Waals surface area (Å²) >= 11 is 5.51. The average Bonchev–Trinajstić information content (AvgIpc) is 2.92. The fourth-order valence-electron chi connectivity index (χ4n) is 1.57. The Bertz CT molecular complexity index is 476. The number of alkyl halides is 1. The Hall–Kier alpha value is -1.66. The second kappa shape index (κ2) is 7.70. The summed E-state index contributed by atoms with van der Waals surface area (Å²) in [6.45, 7) is 2.01. The Morgan fingerprint density at radius 1 is 1.21 bits per heavy atom. The minimum atomic E-state index is 0.527. The molecule has 0 saturated heterocycles. The zero-order valence-corrected chi connectivity index (χ0v) is 11.3. The maximum absolute atomic E-state index is 5.51. The van der Waals surface area contributed by atoms with E-state index in [0.29, 0.717) is 25.0 Å². The van der Waals surface area contributed by atoms with E-state index >= 15 is 0 Å². The summed E-state index contributed by atoms with van der Waals surface area (Å²) in [7, 11) is 0. The van der Waals surface area contributed by atoms with Crippen LogP contribution in [0.2, 0.25) is 0 Å². The molecule has 19 heavy (non-hydrogen) atoms. The summed E-state index contributed by atoms with van der Waals surface area (Å²) in [6.07, 6.45) is 0.874. The zero-order chi connectivity index (χ0) is 13.3. The highest BCUT2D eigenvalue weighted by atomic mass is 35.5. The van der Waals surface area contributed by atoms with Crippen molar-refractivity contribution in [3.63, 3.8) is 0 Å². The molecule has 7 heteroatoms. The number of nitrogens with zero attached hydrogens (tertiary/aromatic N) is 4. The minimum Gasteiger partial charge on any atom is -0.380 e. The van der Waals surface area contributed by atoms with E-state index in [2.05, 4.69) is 20.8 Å². The van der Waals surface area contributed by atoms with E-state index in [1.807, 2.05) is 30.3 Å². The first-order chi connectivity index (χ1) is 9.42. The third kappa shape index (κ3) is 4.18. The molecule has 0 radical (unpaired) electrons. The van der Waals surface area contributed by atoms with Crippen LogP contribution in [0.3, 0.4) is 0 Å². The molecule has 102 valence electrons. The number of ether oxygens (including phenoxy) is 1. The Balaban J connectivity index is 1.83. The van der Waals surface area contributed by atoms with E-state index in [-0.39, 0.29) is 0 Å². The van der Waals surface area contributed by atoms with Crippen LogP contribution < -0.4 is 5.32 Å². The summed E-state index contributed by atoms with van der Waals surface area (Å²) in [6, 6.07) is 9.74. The molecule has 2 aromatic rings. The predicted molar refractivity (Wildman–Crippen MR) is 73.8 cm³/mol. The standard InChI is InChI=1S/C12H16ClN5O/c13-7-10-19-9-4-8-14-12-15-16-17-18(12)11-5-2-1-3-6-11/h1-3,5-6H,4,7-10H2,(H,14,15,17). The summed E-state index contributed by atoms with van der Waals surface area (Å²) in [4.78, 5) is 0. The fraction of sp³-hybridized carbons (Fsp3) is 0.417. The molecule has 0 saturated carbocycles. The van der Waals surface area contributed by atoms with Gasteiger partial charge in [-0.15, -0.1) is 11.6 Å². The number of halogens is 1. The molecule has 0 unspecified atom stereocenters. The maximum Gasteiger partial charge on any atom is 0.247 e. The van der Waals surface area contributed by atoms with Crippen LogP contribution in [-0.4, -0.2) is 45.8 Å². The lowest BCUT2D eigenvalue weighted by molar-refractivity contribution is 0.149. The first kappa shape index (κ1) is 13.8. The molecule has 0 fully saturated rings. The number of benzene rings is 1. The lowest BCUT2D eigenvalue weighted by Crippen LogP contribution is -2.11. The highest BCUT2D eigenvalue weighted by molar-refractivity contribution is 6.17. The van der Waals surface area contributed by atoms with Crippen LogP contribution in [-0.2, 0) is 4.74 Å². The summed E-state index contributed by atoms with van der Waals surface area (Å²) in [5.41, 5.74) is 0.924. The van der Waals surface area contributed by atoms with E-state index in [4.69, 9.17) is 16.3 Å². The van der Waals surface area contributed by atoms with Gasteiger partial charge < -0.3 is 10.1 Å². The molecule has 1 heterocycles. The Morgan fingerprint density at radius 3 is 2.84 bits per heavy atom. The van der Waals surface area contributed by atoms with Crippen molar-refractivity contribution in [2.45, 2.75) is 6.42 Å². The molecule has 0 atom stereocenters. The van der Waals surface area contributed by atoms with Crippen LogP contribution in [0.4, 0.5) is 5.95 Å². The molecular formula is C12H16ClN5O. The highest BCUT2D eigenvalue weighted by Gasteiger charge is 2.06. The third-order valence-electron chi connectivity index (χ3n) is 2.44. The Labute approximate surface area is 116 Å². The first-order valence-electron chi connectivity index (χ1n) is 6.13. The van der Waals surface area contributed by atoms with E-state index in [1.165, 1.54) is 0 Å². The van der Waals surface area contributed by atoms with Crippen molar-refractivity contribution in [1.82, 2.24) is 20.2 Å². The van der Waals surface area contributed by atoms with Gasteiger partial charge in [0.1, 0.15) is 0 Å². The van der Waals surface area contributed by atoms with Crippen LogP contribution in [0.25, 0.3) is 5.69 Å². The van der Waals surface area contributed by atoms with Crippen LogP contribution in [0.15, 0.2) is 30.3 Å². The first-order valence-corrected chi connectivity index (χ1v) is 6.66. The zero-order valence-electron chi connectivity index (χ0n) is 10.5. The van der Waals surface area contributed by atoms with Gasteiger partial charge in [0.05, 0.1) is 12.3 Å². The lowest BCUT2D eigenvalue weighted by atomic mass is 10.3. The third-order valence-corrected chi connectivity index (χ3v) is 2.59. The van der Waals surface area contributed by atoms with Crippen molar-refractivity contribution < 1.29 is 4.74 Å². The fourth-order valence-corrected chi connectivity index (χ4v) is 1.68. The maximum atomic E-state index is 5.51. The van der Waals surface area contributed by atoms with Gasteiger partial charge in [0.15, 0.2) is 0 Å². The van der Waals surface area contributed by atoms with Gasteiger partial charge in [0.2, 0.25) is 5.95 Å². The van der Waals surface area contributed by atoms with Gasteiger partial charge >= 0.3 is 0 Å². The van der Waals surface area contributed by atoms with Gasteiger partial charge in [-0.05, 0) is 29.0 Å². The quantitative estimate of drug-likeness (QED) is 0.589. The number of rotatable bonds is 8. The molecule has 0 amide bonds. The predicted octanol–water partition coefficient (Wildman–Crippen LogP) is 1.72. The summed E-state index contributed by atoms with van der Waals surface area (Å²) < 4.78 is 6.95. The second-order valence-corrected chi connectivity index (χ2v) is 4.21. The van der Waals surface area contributed by atoms with Gasteiger partial charge in [0.25, 0.3) is 0 Å². The smallest absolute Gasteiger partial charge is 0.247 e. The molecule has 0 aliphatic carbocycles. The molecule has 0 bridgehead atoms. The molecule has 6 nitrogen and oxygen atoms in total. The van der Waals surface area contributed by atoms with Crippen LogP contribution in [0, 0.1) is 0 Å². The monoisotopic (exact) mass is 281 g/mol. The number of aromatic nitrogens is 4. The number of nitrogens with one attached hydrogen (secondary N) is 1. The van der Waals surface area contributed by atoms with Crippen molar-refractivity contribution in [2.24, 2.45) is 0 Å². The molecule has 0 aliphatic heterocycles. The number of hydrogen-bond donors (Lipinski definition) is 1. The van der Waals surface area contributed by atoms with E-state index < -0.39 is 0 Å². The topological polar surface area (TPSA) is 64.9 Å². The van der Waals surface area contributed by atoms with Crippen molar-refractivity contribution in [1.29, 1.82) is 0 Å². The van der Waals surface area contributed by atoms with E-state index in [9.17, 15) is 0 Å². The van der Waals surface area contributed by atoms with Crippen LogP contribution in [0.5, 0.6) is 0 Å². The second-order valence-electron chi connectivity index (χ2n) is 3.83. The molecular weight excluding hydrogens is 266 g/mol. The van der Waals surface area contributed by atoms with Crippen molar-refractivity contribution in [2.75, 3.05) is 31.0 Å². The lowest BCUT2D eigenvalue weighted by Gasteiger charge is -2.06. The molecule has 1 aromatic carbocycles. The number of para-hydroxylation sites is 1. The van der Waals surface area contributed by atoms with Gasteiger partial charge in [-0.3, -0.25) is 0 Å². The number of tetrazole rings is 1. The van der Waals surface area contributed by atoms with E-state index in [0.717, 1.165) is 18.7 Å². The van der Waals surface area contributed by atoms with Gasteiger partial charge in [-0.25, -0.2) is 0 Å². The molecule has 0 aliphatic rings. The van der Waals surface area contributed by atoms with Crippen molar-refractivity contribution in [3.05, 3.63) is 30.3 Å².